The summed E-state index contributed by atoms with van der Waals surface area (Å²) >= 11 is 0. The van der Waals surface area contributed by atoms with E-state index in [1.165, 1.54) is 65.3 Å². The molecular formula is C43H39NO. The first-order chi connectivity index (χ1) is 22.1. The summed E-state index contributed by atoms with van der Waals surface area (Å²) in [7, 11) is 4.19. The lowest BCUT2D eigenvalue weighted by molar-refractivity contribution is -0.0401. The zero-order valence-electron chi connectivity index (χ0n) is 26.2. The highest BCUT2D eigenvalue weighted by molar-refractivity contribution is 6.08. The van der Waals surface area contributed by atoms with Gasteiger partial charge < -0.3 is 9.64 Å². The van der Waals surface area contributed by atoms with E-state index in [0.717, 1.165) is 28.7 Å². The second-order valence-electron chi connectivity index (χ2n) is 14.7. The predicted octanol–water partition coefficient (Wildman–Crippen LogP) is 9.98. The molecule has 5 aromatic rings. The summed E-state index contributed by atoms with van der Waals surface area (Å²) in [5.41, 5.74) is 10.3. The fourth-order valence-electron chi connectivity index (χ4n) is 10.9. The fraction of sp³-hybridized carbons (Fsp3) is 0.302. The molecule has 4 saturated carbocycles. The molecule has 1 spiro atoms. The van der Waals surface area contributed by atoms with E-state index in [4.69, 9.17) is 4.74 Å². The molecule has 4 fully saturated rings. The van der Waals surface area contributed by atoms with Crippen molar-refractivity contribution >= 4 is 22.5 Å². The van der Waals surface area contributed by atoms with E-state index in [1.54, 1.807) is 11.1 Å². The van der Waals surface area contributed by atoms with Gasteiger partial charge in [-0.25, -0.2) is 0 Å². The van der Waals surface area contributed by atoms with Gasteiger partial charge in [-0.05, 0) is 102 Å². The molecule has 5 aliphatic carbocycles. The maximum absolute atomic E-state index is 7.62. The largest absolute Gasteiger partial charge is 0.472 e. The third kappa shape index (κ3) is 3.30. The summed E-state index contributed by atoms with van der Waals surface area (Å²) in [5, 5.41) is 2.56. The molecule has 0 aromatic heterocycles. The number of rotatable bonds is 3. The van der Waals surface area contributed by atoms with Crippen LogP contribution in [0.3, 0.4) is 0 Å². The number of hydrogen-bond acceptors (Lipinski definition) is 2. The Bertz CT molecular complexity index is 1990. The van der Waals surface area contributed by atoms with Gasteiger partial charge in [0.05, 0.1) is 0 Å². The Labute approximate surface area is 266 Å². The number of nitrogens with zero attached hydrogens (tertiary/aromatic N) is 1. The lowest BCUT2D eigenvalue weighted by Crippen LogP contribution is -2.55. The number of hydrogen-bond donors (Lipinski definition) is 0. The van der Waals surface area contributed by atoms with Crippen LogP contribution in [0.25, 0.3) is 28.0 Å². The third-order valence-electron chi connectivity index (χ3n) is 12.4. The molecule has 0 amide bonds. The van der Waals surface area contributed by atoms with Crippen LogP contribution in [0.5, 0.6) is 5.75 Å². The van der Waals surface area contributed by atoms with E-state index in [2.05, 4.69) is 134 Å². The van der Waals surface area contributed by atoms with Gasteiger partial charge in [0.25, 0.3) is 0 Å². The molecule has 0 radical (unpaired) electrons. The van der Waals surface area contributed by atoms with Gasteiger partial charge in [0.1, 0.15) is 5.75 Å². The maximum atomic E-state index is 7.62. The topological polar surface area (TPSA) is 12.5 Å². The number of ether oxygens (including phenoxy) is 1. The Morgan fingerprint density at radius 2 is 1.27 bits per heavy atom. The van der Waals surface area contributed by atoms with Gasteiger partial charge in [0.2, 0.25) is 0 Å². The van der Waals surface area contributed by atoms with Crippen LogP contribution in [0.1, 0.15) is 59.9 Å². The summed E-state index contributed by atoms with van der Waals surface area (Å²) in [6.07, 6.45) is 11.8. The summed E-state index contributed by atoms with van der Waals surface area (Å²) < 4.78 is 7.62. The summed E-state index contributed by atoms with van der Waals surface area (Å²) in [6.45, 7) is 0. The van der Waals surface area contributed by atoms with Crippen LogP contribution in [-0.4, -0.2) is 14.1 Å². The van der Waals surface area contributed by atoms with Gasteiger partial charge in [-0.2, -0.15) is 0 Å². The maximum Gasteiger partial charge on any atom is 0.178 e. The molecule has 6 aliphatic rings. The lowest BCUT2D eigenvalue weighted by atomic mass is 9.42. The van der Waals surface area contributed by atoms with Crippen LogP contribution in [-0.2, 0) is 11.0 Å². The molecule has 222 valence electrons. The highest BCUT2D eigenvalue weighted by Gasteiger charge is 2.63. The quantitative estimate of drug-likeness (QED) is 0.209. The average molecular weight is 586 g/mol. The van der Waals surface area contributed by atoms with Gasteiger partial charge in [-0.1, -0.05) is 97.1 Å². The number of anilines is 1. The third-order valence-corrected chi connectivity index (χ3v) is 12.4. The first-order valence-electron chi connectivity index (χ1n) is 17.0. The van der Waals surface area contributed by atoms with Crippen LogP contribution in [0.2, 0.25) is 0 Å². The molecule has 5 aromatic carbocycles. The van der Waals surface area contributed by atoms with Crippen LogP contribution in [0.4, 0.5) is 5.69 Å². The van der Waals surface area contributed by atoms with E-state index in [0.29, 0.717) is 11.8 Å². The van der Waals surface area contributed by atoms with Crippen LogP contribution in [0, 0.1) is 23.7 Å². The van der Waals surface area contributed by atoms with Gasteiger partial charge in [-0.3, -0.25) is 0 Å². The van der Waals surface area contributed by atoms with Crippen molar-refractivity contribution in [3.63, 3.8) is 0 Å². The van der Waals surface area contributed by atoms with Gasteiger partial charge in [0.15, 0.2) is 5.60 Å². The summed E-state index contributed by atoms with van der Waals surface area (Å²) in [5.74, 6) is 4.28. The molecule has 1 unspecified atom stereocenters. The zero-order valence-corrected chi connectivity index (χ0v) is 26.2. The molecule has 2 nitrogen and oxygen atoms in total. The Morgan fingerprint density at radius 1 is 0.644 bits per heavy atom. The van der Waals surface area contributed by atoms with Crippen molar-refractivity contribution in [2.45, 2.75) is 43.1 Å². The van der Waals surface area contributed by atoms with E-state index < -0.39 is 5.60 Å². The van der Waals surface area contributed by atoms with Crippen LogP contribution >= 0.6 is 0 Å². The second-order valence-corrected chi connectivity index (χ2v) is 14.7. The zero-order chi connectivity index (χ0) is 29.9. The summed E-state index contributed by atoms with van der Waals surface area (Å²) in [4.78, 5) is 2.16. The van der Waals surface area contributed by atoms with E-state index in [-0.39, 0.29) is 5.41 Å². The molecular weight excluding hydrogens is 546 g/mol. The highest BCUT2D eigenvalue weighted by Crippen LogP contribution is 2.71. The average Bonchev–Trinajstić information content (AvgIpc) is 3.39. The Hall–Kier alpha value is -4.30. The molecule has 45 heavy (non-hydrogen) atoms. The minimum absolute atomic E-state index is 0.0707. The SMILES string of the molecule is CN(C)c1ccc(C2(c3ccccc3)C=Cc3c4c(c5ccccc5c3O2)-c2ccccc2C42C3CC4CC(C3)CC2C4)cc1. The smallest absolute Gasteiger partial charge is 0.178 e. The van der Waals surface area contributed by atoms with Crippen molar-refractivity contribution in [3.05, 3.63) is 137 Å². The highest BCUT2D eigenvalue weighted by atomic mass is 16.5. The minimum atomic E-state index is -0.723. The first kappa shape index (κ1) is 26.0. The van der Waals surface area contributed by atoms with Crippen molar-refractivity contribution in [1.29, 1.82) is 0 Å². The molecule has 2 heteroatoms. The van der Waals surface area contributed by atoms with E-state index in [9.17, 15) is 0 Å². The molecule has 0 N–H and O–H groups in total. The first-order valence-corrected chi connectivity index (χ1v) is 17.0. The molecule has 0 saturated heterocycles. The Kier molecular flexibility index (Phi) is 5.27. The van der Waals surface area contributed by atoms with Crippen LogP contribution in [0.15, 0.2) is 109 Å². The standard InChI is InChI=1S/C43H39NO/c1-44(2)33-18-16-30(17-19-33)42(29-10-4-3-5-11-29)21-20-37-40-39(34-12-6-7-13-35(34)41(37)45-42)36-14-8-9-15-38(36)43(40)31-23-27-22-28(25-31)26-32(43)24-27/h3-21,27-28,31-32H,22-26H2,1-2H3. The summed E-state index contributed by atoms with van der Waals surface area (Å²) in [6, 6.07) is 38.3. The predicted molar refractivity (Wildman–Crippen MR) is 185 cm³/mol. The normalized spacial score (nSPS) is 29.8. The van der Waals surface area contributed by atoms with E-state index in [1.807, 2.05) is 0 Å². The molecule has 1 heterocycles. The molecule has 11 rings (SSSR count). The van der Waals surface area contributed by atoms with Gasteiger partial charge in [-0.15, -0.1) is 0 Å². The van der Waals surface area contributed by atoms with Crippen molar-refractivity contribution in [2.75, 3.05) is 19.0 Å². The van der Waals surface area contributed by atoms with E-state index >= 15 is 0 Å². The number of fused-ring (bicyclic) bond motifs is 8. The molecule has 4 bridgehead atoms. The van der Waals surface area contributed by atoms with Crippen molar-refractivity contribution < 1.29 is 4.74 Å². The van der Waals surface area contributed by atoms with Gasteiger partial charge >= 0.3 is 0 Å². The molecule has 1 atom stereocenters. The van der Waals surface area contributed by atoms with Crippen molar-refractivity contribution in [3.8, 4) is 16.9 Å². The van der Waals surface area contributed by atoms with Crippen molar-refractivity contribution in [1.82, 2.24) is 0 Å². The minimum Gasteiger partial charge on any atom is -0.472 e. The second kappa shape index (κ2) is 9.13. The number of benzene rings is 5. The van der Waals surface area contributed by atoms with Gasteiger partial charge in [0, 0.05) is 47.3 Å². The lowest BCUT2D eigenvalue weighted by Gasteiger charge is -2.61. The molecule has 1 aliphatic heterocycles. The monoisotopic (exact) mass is 585 g/mol. The fourth-order valence-corrected chi connectivity index (χ4v) is 10.9. The van der Waals surface area contributed by atoms with Crippen molar-refractivity contribution in [2.24, 2.45) is 23.7 Å². The Morgan fingerprint density at radius 3 is 1.98 bits per heavy atom. The Balaban J connectivity index is 1.27. The van der Waals surface area contributed by atoms with Crippen LogP contribution < -0.4 is 9.64 Å².